The molecule has 0 bridgehead atoms. The van der Waals surface area contributed by atoms with Crippen molar-refractivity contribution in [3.63, 3.8) is 0 Å². The number of rotatable bonds is 5. The van der Waals surface area contributed by atoms with Crippen molar-refractivity contribution in [1.82, 2.24) is 4.98 Å². The smallest absolute Gasteiger partial charge is 0.365 e. The van der Waals surface area contributed by atoms with Crippen molar-refractivity contribution in [1.29, 1.82) is 0 Å². The number of alkyl halides is 3. The summed E-state index contributed by atoms with van der Waals surface area (Å²) in [6, 6.07) is 1.83. The number of nitrogens with two attached hydrogens (primary N) is 1. The molecule has 2 N–H and O–H groups in total. The van der Waals surface area contributed by atoms with Crippen LogP contribution in [0, 0.1) is 0 Å². The lowest BCUT2D eigenvalue weighted by atomic mass is 10.1. The van der Waals surface area contributed by atoms with Gasteiger partial charge in [0.25, 0.3) is 5.91 Å². The summed E-state index contributed by atoms with van der Waals surface area (Å²) in [5.74, 6) is -0.819. The first kappa shape index (κ1) is 16.3. The first-order valence-electron chi connectivity index (χ1n) is 6.33. The molecule has 0 spiro atoms. The van der Waals surface area contributed by atoms with Crippen LogP contribution in [0.4, 0.5) is 19.0 Å². The lowest BCUT2D eigenvalue weighted by Gasteiger charge is -2.29. The minimum atomic E-state index is -4.56. The summed E-state index contributed by atoms with van der Waals surface area (Å²) in [5, 5.41) is 0. The molecule has 112 valence electrons. The van der Waals surface area contributed by atoms with Crippen LogP contribution in [0.1, 0.15) is 42.7 Å². The van der Waals surface area contributed by atoms with Gasteiger partial charge in [0.2, 0.25) is 0 Å². The molecule has 0 aliphatic heterocycles. The highest BCUT2D eigenvalue weighted by atomic mass is 19.4. The first-order valence-corrected chi connectivity index (χ1v) is 6.33. The van der Waals surface area contributed by atoms with Crippen molar-refractivity contribution in [3.8, 4) is 0 Å². The van der Waals surface area contributed by atoms with Gasteiger partial charge in [0, 0.05) is 13.1 Å². The molecule has 0 atom stereocenters. The van der Waals surface area contributed by atoms with Gasteiger partial charge in [0.1, 0.15) is 11.5 Å². The van der Waals surface area contributed by atoms with Crippen LogP contribution in [-0.2, 0) is 6.18 Å². The molecular formula is C13H18F3N3O. The van der Waals surface area contributed by atoms with Gasteiger partial charge in [-0.15, -0.1) is 0 Å². The van der Waals surface area contributed by atoms with Crippen LogP contribution in [-0.4, -0.2) is 24.0 Å². The van der Waals surface area contributed by atoms with Crippen molar-refractivity contribution in [2.75, 3.05) is 11.9 Å². The minimum absolute atomic E-state index is 0.00704. The number of hydrogen-bond acceptors (Lipinski definition) is 3. The third-order valence-electron chi connectivity index (χ3n) is 3.26. The summed E-state index contributed by atoms with van der Waals surface area (Å²) in [4.78, 5) is 16.5. The average Bonchev–Trinajstić information content (AvgIpc) is 2.38. The van der Waals surface area contributed by atoms with E-state index in [1.54, 1.807) is 11.9 Å². The van der Waals surface area contributed by atoms with Gasteiger partial charge in [-0.2, -0.15) is 13.2 Å². The Morgan fingerprint density at radius 1 is 1.35 bits per heavy atom. The lowest BCUT2D eigenvalue weighted by molar-refractivity contribution is -0.141. The highest BCUT2D eigenvalue weighted by molar-refractivity contribution is 5.97. The molecule has 1 heterocycles. The van der Waals surface area contributed by atoms with Crippen LogP contribution in [0.15, 0.2) is 12.1 Å². The maximum absolute atomic E-state index is 12.7. The lowest BCUT2D eigenvalue weighted by Crippen LogP contribution is -2.33. The van der Waals surface area contributed by atoms with E-state index in [4.69, 9.17) is 5.73 Å². The number of carbonyl (C=O) groups is 1. The Bertz CT molecular complexity index is 484. The number of carbonyl (C=O) groups excluding carboxylic acids is 1. The SMILES string of the molecule is CCC(CC)N(C)c1nc(C(F)(F)F)ccc1C(N)=O. The zero-order chi connectivity index (χ0) is 15.5. The van der Waals surface area contributed by atoms with Gasteiger partial charge < -0.3 is 10.6 Å². The van der Waals surface area contributed by atoms with E-state index >= 15 is 0 Å². The van der Waals surface area contributed by atoms with E-state index in [1.165, 1.54) is 0 Å². The maximum atomic E-state index is 12.7. The van der Waals surface area contributed by atoms with Crippen LogP contribution in [0.25, 0.3) is 0 Å². The molecule has 1 rings (SSSR count). The van der Waals surface area contributed by atoms with E-state index in [9.17, 15) is 18.0 Å². The van der Waals surface area contributed by atoms with Crippen molar-refractivity contribution >= 4 is 11.7 Å². The van der Waals surface area contributed by atoms with Crippen LogP contribution in [0.2, 0.25) is 0 Å². The standard InChI is InChI=1S/C13H18F3N3O/c1-4-8(5-2)19(3)12-9(11(17)20)6-7-10(18-12)13(14,15)16/h6-8H,4-5H2,1-3H3,(H2,17,20). The Morgan fingerprint density at radius 3 is 2.30 bits per heavy atom. The van der Waals surface area contributed by atoms with E-state index in [0.29, 0.717) is 0 Å². The number of hydrogen-bond donors (Lipinski definition) is 1. The molecule has 0 saturated carbocycles. The molecule has 0 unspecified atom stereocenters. The van der Waals surface area contributed by atoms with Crippen molar-refractivity contribution in [2.45, 2.75) is 38.9 Å². The molecule has 0 aromatic carbocycles. The van der Waals surface area contributed by atoms with E-state index in [0.717, 1.165) is 25.0 Å². The fourth-order valence-electron chi connectivity index (χ4n) is 2.08. The van der Waals surface area contributed by atoms with Crippen LogP contribution in [0.3, 0.4) is 0 Å². The predicted octanol–water partition coefficient (Wildman–Crippen LogP) is 2.82. The summed E-state index contributed by atoms with van der Waals surface area (Å²) in [7, 11) is 1.62. The maximum Gasteiger partial charge on any atom is 0.433 e. The van der Waals surface area contributed by atoms with Crippen LogP contribution < -0.4 is 10.6 Å². The number of amides is 1. The average molecular weight is 289 g/mol. The Balaban J connectivity index is 3.35. The number of halogens is 3. The topological polar surface area (TPSA) is 59.2 Å². The molecular weight excluding hydrogens is 271 g/mol. The third kappa shape index (κ3) is 3.40. The molecule has 0 aliphatic carbocycles. The van der Waals surface area contributed by atoms with E-state index in [1.807, 2.05) is 13.8 Å². The van der Waals surface area contributed by atoms with Crippen molar-refractivity contribution in [2.24, 2.45) is 5.73 Å². The van der Waals surface area contributed by atoms with E-state index in [2.05, 4.69) is 4.98 Å². The Labute approximate surface area is 115 Å². The van der Waals surface area contributed by atoms with Gasteiger partial charge in [-0.1, -0.05) is 13.8 Å². The molecule has 20 heavy (non-hydrogen) atoms. The highest BCUT2D eigenvalue weighted by Crippen LogP contribution is 2.31. The second-order valence-electron chi connectivity index (χ2n) is 4.51. The summed E-state index contributed by atoms with van der Waals surface area (Å²) < 4.78 is 38.2. The van der Waals surface area contributed by atoms with E-state index < -0.39 is 17.8 Å². The molecule has 0 aliphatic rings. The Kier molecular flexibility index (Phi) is 4.97. The summed E-state index contributed by atoms with van der Waals surface area (Å²) in [6.07, 6.45) is -3.11. The van der Waals surface area contributed by atoms with Gasteiger partial charge in [0.15, 0.2) is 0 Å². The molecule has 0 fully saturated rings. The minimum Gasteiger partial charge on any atom is -0.365 e. The second-order valence-corrected chi connectivity index (χ2v) is 4.51. The predicted molar refractivity (Wildman–Crippen MR) is 70.5 cm³/mol. The summed E-state index contributed by atoms with van der Waals surface area (Å²) in [5.41, 5.74) is 4.17. The number of anilines is 1. The van der Waals surface area contributed by atoms with Gasteiger partial charge in [-0.3, -0.25) is 4.79 Å². The largest absolute Gasteiger partial charge is 0.433 e. The van der Waals surface area contributed by atoms with Crippen LogP contribution >= 0.6 is 0 Å². The quantitative estimate of drug-likeness (QED) is 0.906. The number of primary amides is 1. The number of aromatic nitrogens is 1. The fraction of sp³-hybridized carbons (Fsp3) is 0.538. The van der Waals surface area contributed by atoms with Crippen LogP contribution in [0.5, 0.6) is 0 Å². The molecule has 0 radical (unpaired) electrons. The summed E-state index contributed by atoms with van der Waals surface area (Å²) in [6.45, 7) is 3.84. The van der Waals surface area contributed by atoms with E-state index in [-0.39, 0.29) is 17.4 Å². The van der Waals surface area contributed by atoms with Gasteiger partial charge in [-0.05, 0) is 25.0 Å². The highest BCUT2D eigenvalue weighted by Gasteiger charge is 2.34. The monoisotopic (exact) mass is 289 g/mol. The van der Waals surface area contributed by atoms with Crippen molar-refractivity contribution < 1.29 is 18.0 Å². The number of pyridine rings is 1. The Hall–Kier alpha value is -1.79. The molecule has 0 saturated heterocycles. The number of nitrogens with zero attached hydrogens (tertiary/aromatic N) is 2. The first-order chi connectivity index (χ1) is 9.22. The summed E-state index contributed by atoms with van der Waals surface area (Å²) >= 11 is 0. The molecule has 1 aromatic rings. The van der Waals surface area contributed by atoms with Gasteiger partial charge >= 0.3 is 6.18 Å². The molecule has 1 amide bonds. The second kappa shape index (κ2) is 6.11. The van der Waals surface area contributed by atoms with Gasteiger partial charge in [-0.25, -0.2) is 4.98 Å². The van der Waals surface area contributed by atoms with Gasteiger partial charge in [0.05, 0.1) is 5.56 Å². The third-order valence-corrected chi connectivity index (χ3v) is 3.26. The Morgan fingerprint density at radius 2 is 1.90 bits per heavy atom. The fourth-order valence-corrected chi connectivity index (χ4v) is 2.08. The normalized spacial score (nSPS) is 11.8. The zero-order valence-electron chi connectivity index (χ0n) is 11.7. The van der Waals surface area contributed by atoms with Crippen molar-refractivity contribution in [3.05, 3.63) is 23.4 Å². The molecule has 7 heteroatoms. The molecule has 4 nitrogen and oxygen atoms in total. The molecule has 1 aromatic heterocycles. The zero-order valence-corrected chi connectivity index (χ0v) is 11.7.